The summed E-state index contributed by atoms with van der Waals surface area (Å²) in [4.78, 5) is 25.4. The number of hydrogen-bond acceptors (Lipinski definition) is 6. The van der Waals surface area contributed by atoms with Gasteiger partial charge in [0.1, 0.15) is 10.8 Å². The second-order valence-corrected chi connectivity index (χ2v) is 9.20. The fourth-order valence-electron chi connectivity index (χ4n) is 3.77. The number of carbonyl (C=O) groups excluding carboxylic acids is 1. The highest BCUT2D eigenvalue weighted by Crippen LogP contribution is 2.34. The monoisotopic (exact) mass is 468 g/mol. The van der Waals surface area contributed by atoms with Gasteiger partial charge in [0.15, 0.2) is 5.82 Å². The molecule has 3 aromatic rings. The van der Waals surface area contributed by atoms with Gasteiger partial charge in [-0.25, -0.2) is 9.97 Å². The van der Waals surface area contributed by atoms with Crippen molar-refractivity contribution in [2.45, 2.75) is 29.7 Å². The average Bonchev–Trinajstić information content (AvgIpc) is 2.80. The highest BCUT2D eigenvalue weighted by molar-refractivity contribution is 7.99. The molecule has 2 aromatic carbocycles. The van der Waals surface area contributed by atoms with Crippen LogP contribution in [0.2, 0.25) is 5.02 Å². The lowest BCUT2D eigenvalue weighted by molar-refractivity contribution is -0.120. The maximum atomic E-state index is 13.0. The Morgan fingerprint density at radius 2 is 2.06 bits per heavy atom. The van der Waals surface area contributed by atoms with Gasteiger partial charge in [0, 0.05) is 36.1 Å². The van der Waals surface area contributed by atoms with Crippen molar-refractivity contribution in [1.82, 2.24) is 9.97 Å². The maximum Gasteiger partial charge on any atom is 0.229 e. The first kappa shape index (κ1) is 22.4. The van der Waals surface area contributed by atoms with Gasteiger partial charge < -0.3 is 15.0 Å². The lowest BCUT2D eigenvalue weighted by Crippen LogP contribution is -2.41. The lowest BCUT2D eigenvalue weighted by atomic mass is 9.97. The number of carbonyl (C=O) groups is 1. The number of rotatable bonds is 6. The zero-order valence-corrected chi connectivity index (χ0v) is 19.6. The Labute approximate surface area is 197 Å². The summed E-state index contributed by atoms with van der Waals surface area (Å²) in [5.41, 5.74) is 1.86. The van der Waals surface area contributed by atoms with E-state index < -0.39 is 0 Å². The number of halogens is 1. The molecule has 1 atom stereocenters. The normalized spacial score (nSPS) is 16.0. The number of piperidine rings is 1. The SMILES string of the molecule is COc1ccc(NC(=O)[C@H]2CCCN(c3nccnc3Sc3cccc(C)c3)C2)cc1Cl. The van der Waals surface area contributed by atoms with Gasteiger partial charge in [0.2, 0.25) is 5.91 Å². The molecule has 1 aliphatic heterocycles. The van der Waals surface area contributed by atoms with Gasteiger partial charge >= 0.3 is 0 Å². The highest BCUT2D eigenvalue weighted by atomic mass is 35.5. The van der Waals surface area contributed by atoms with Crippen LogP contribution in [-0.2, 0) is 4.79 Å². The van der Waals surface area contributed by atoms with Crippen LogP contribution in [0.5, 0.6) is 5.75 Å². The van der Waals surface area contributed by atoms with Crippen molar-refractivity contribution < 1.29 is 9.53 Å². The van der Waals surface area contributed by atoms with Crippen LogP contribution in [0.3, 0.4) is 0 Å². The number of benzene rings is 2. The van der Waals surface area contributed by atoms with E-state index in [-0.39, 0.29) is 11.8 Å². The van der Waals surface area contributed by atoms with Gasteiger partial charge in [-0.15, -0.1) is 0 Å². The summed E-state index contributed by atoms with van der Waals surface area (Å²) in [5, 5.41) is 4.30. The first-order chi connectivity index (χ1) is 15.5. The van der Waals surface area contributed by atoms with Crippen LogP contribution in [-0.4, -0.2) is 36.1 Å². The molecule has 0 unspecified atom stereocenters. The van der Waals surface area contributed by atoms with E-state index >= 15 is 0 Å². The molecule has 6 nitrogen and oxygen atoms in total. The molecule has 2 heterocycles. The number of nitrogens with zero attached hydrogens (tertiary/aromatic N) is 3. The number of ether oxygens (including phenoxy) is 1. The fourth-order valence-corrected chi connectivity index (χ4v) is 5.03. The molecule has 1 aliphatic rings. The van der Waals surface area contributed by atoms with E-state index in [2.05, 4.69) is 45.3 Å². The molecule has 1 amide bonds. The molecule has 166 valence electrons. The topological polar surface area (TPSA) is 67.3 Å². The van der Waals surface area contributed by atoms with E-state index in [4.69, 9.17) is 16.3 Å². The maximum absolute atomic E-state index is 13.0. The van der Waals surface area contributed by atoms with Gasteiger partial charge in [-0.05, 0) is 50.1 Å². The summed E-state index contributed by atoms with van der Waals surface area (Å²) in [6.07, 6.45) is 5.15. The van der Waals surface area contributed by atoms with Crippen molar-refractivity contribution in [2.75, 3.05) is 30.4 Å². The van der Waals surface area contributed by atoms with Crippen LogP contribution in [0.15, 0.2) is 64.8 Å². The molecule has 0 aliphatic carbocycles. The van der Waals surface area contributed by atoms with E-state index in [0.717, 1.165) is 35.1 Å². The Hall–Kier alpha value is -2.77. The fraction of sp³-hybridized carbons (Fsp3) is 0.292. The van der Waals surface area contributed by atoms with Gasteiger partial charge in [-0.1, -0.05) is 41.1 Å². The Morgan fingerprint density at radius 1 is 1.22 bits per heavy atom. The lowest BCUT2D eigenvalue weighted by Gasteiger charge is -2.33. The molecule has 32 heavy (non-hydrogen) atoms. The minimum Gasteiger partial charge on any atom is -0.495 e. The van der Waals surface area contributed by atoms with Gasteiger partial charge in [0.25, 0.3) is 0 Å². The zero-order valence-electron chi connectivity index (χ0n) is 18.0. The summed E-state index contributed by atoms with van der Waals surface area (Å²) in [7, 11) is 1.56. The summed E-state index contributed by atoms with van der Waals surface area (Å²) in [5.74, 6) is 1.23. The number of amides is 1. The Bertz CT molecular complexity index is 1110. The first-order valence-electron chi connectivity index (χ1n) is 10.5. The summed E-state index contributed by atoms with van der Waals surface area (Å²) in [6.45, 7) is 3.51. The van der Waals surface area contributed by atoms with Crippen LogP contribution < -0.4 is 15.0 Å². The third-order valence-corrected chi connectivity index (χ3v) is 6.63. The number of nitrogens with one attached hydrogen (secondary N) is 1. The molecule has 0 saturated carbocycles. The Kier molecular flexibility index (Phi) is 7.17. The zero-order chi connectivity index (χ0) is 22.5. The smallest absolute Gasteiger partial charge is 0.229 e. The number of anilines is 2. The molecule has 1 N–H and O–H groups in total. The summed E-state index contributed by atoms with van der Waals surface area (Å²) in [6, 6.07) is 13.6. The van der Waals surface area contributed by atoms with Crippen LogP contribution in [0, 0.1) is 12.8 Å². The highest BCUT2D eigenvalue weighted by Gasteiger charge is 2.28. The third-order valence-electron chi connectivity index (χ3n) is 5.36. The molecule has 0 bridgehead atoms. The van der Waals surface area contributed by atoms with Crippen LogP contribution in [0.4, 0.5) is 11.5 Å². The van der Waals surface area contributed by atoms with Crippen molar-refractivity contribution >= 4 is 40.8 Å². The second kappa shape index (κ2) is 10.2. The number of aromatic nitrogens is 2. The average molecular weight is 469 g/mol. The van der Waals surface area contributed by atoms with Gasteiger partial charge in [-0.2, -0.15) is 0 Å². The number of hydrogen-bond donors (Lipinski definition) is 1. The minimum absolute atomic E-state index is 0.0206. The van der Waals surface area contributed by atoms with Gasteiger partial charge in [0.05, 0.1) is 18.1 Å². The first-order valence-corrected chi connectivity index (χ1v) is 11.7. The van der Waals surface area contributed by atoms with Crippen molar-refractivity contribution in [2.24, 2.45) is 5.92 Å². The predicted molar refractivity (Wildman–Crippen MR) is 129 cm³/mol. The molecular weight excluding hydrogens is 444 g/mol. The van der Waals surface area contributed by atoms with Crippen LogP contribution in [0.1, 0.15) is 18.4 Å². The van der Waals surface area contributed by atoms with E-state index in [0.29, 0.717) is 23.0 Å². The molecule has 4 rings (SSSR count). The minimum atomic E-state index is -0.150. The van der Waals surface area contributed by atoms with Crippen LogP contribution >= 0.6 is 23.4 Å². The van der Waals surface area contributed by atoms with Crippen LogP contribution in [0.25, 0.3) is 0 Å². The molecule has 1 saturated heterocycles. The second-order valence-electron chi connectivity index (χ2n) is 7.73. The molecule has 1 fully saturated rings. The van der Waals surface area contributed by atoms with E-state index in [9.17, 15) is 4.79 Å². The summed E-state index contributed by atoms with van der Waals surface area (Å²) < 4.78 is 5.18. The van der Waals surface area contributed by atoms with E-state index in [1.165, 1.54) is 5.56 Å². The Morgan fingerprint density at radius 3 is 2.84 bits per heavy atom. The number of methoxy groups -OCH3 is 1. The quantitative estimate of drug-likeness (QED) is 0.518. The molecule has 1 aromatic heterocycles. The van der Waals surface area contributed by atoms with E-state index in [1.807, 2.05) is 6.07 Å². The van der Waals surface area contributed by atoms with Crippen molar-refractivity contribution in [3.63, 3.8) is 0 Å². The van der Waals surface area contributed by atoms with Crippen molar-refractivity contribution in [3.8, 4) is 5.75 Å². The predicted octanol–water partition coefficient (Wildman–Crippen LogP) is 5.45. The Balaban J connectivity index is 1.47. The molecule has 0 spiro atoms. The molecular formula is C24H25ClN4O2S. The molecule has 0 radical (unpaired) electrons. The van der Waals surface area contributed by atoms with Crippen molar-refractivity contribution in [3.05, 3.63) is 65.4 Å². The van der Waals surface area contributed by atoms with Gasteiger partial charge in [-0.3, -0.25) is 4.79 Å². The summed E-state index contributed by atoms with van der Waals surface area (Å²) >= 11 is 7.79. The number of aryl methyl sites for hydroxylation is 1. The third kappa shape index (κ3) is 5.34. The molecule has 8 heteroatoms. The largest absolute Gasteiger partial charge is 0.495 e. The van der Waals surface area contributed by atoms with Crippen molar-refractivity contribution in [1.29, 1.82) is 0 Å². The standard InChI is InChI=1S/C24H25ClN4O2S/c1-16-5-3-7-19(13-16)32-24-22(26-10-11-27-24)29-12-4-6-17(15-29)23(30)28-18-8-9-21(31-2)20(25)14-18/h3,5,7-11,13-14,17H,4,6,12,15H2,1-2H3,(H,28,30)/t17-/m0/s1. The van der Waals surface area contributed by atoms with E-state index in [1.54, 1.807) is 49.5 Å².